The van der Waals surface area contributed by atoms with Gasteiger partial charge < -0.3 is 34.7 Å². The van der Waals surface area contributed by atoms with Gasteiger partial charge in [0.15, 0.2) is 0 Å². The van der Waals surface area contributed by atoms with E-state index >= 15 is 0 Å². The van der Waals surface area contributed by atoms with Crippen molar-refractivity contribution in [3.63, 3.8) is 0 Å². The van der Waals surface area contributed by atoms with Crippen molar-refractivity contribution in [1.29, 1.82) is 0 Å². The van der Waals surface area contributed by atoms with E-state index in [1.54, 1.807) is 64.8 Å². The number of halogens is 2. The van der Waals surface area contributed by atoms with Crippen LogP contribution in [0.1, 0.15) is 19.8 Å². The number of rotatable bonds is 7. The summed E-state index contributed by atoms with van der Waals surface area (Å²) in [4.78, 5) is 0. The fourth-order valence-corrected chi connectivity index (χ4v) is 3.34. The van der Waals surface area contributed by atoms with Gasteiger partial charge in [-0.05, 0) is 59.4 Å². The molecule has 0 radical (unpaired) electrons. The SMILES string of the molecule is COc1cc(-c2cc[c-]o2)cc(OC)c1Cl.COc1cc(-c2cc[c-]o2)cc(OC)c1Cl.[CH2-]CCC.[Mg+2]. The zero-order valence-electron chi connectivity index (χ0n) is 21.7. The van der Waals surface area contributed by atoms with Gasteiger partial charge in [0.05, 0.1) is 28.4 Å². The van der Waals surface area contributed by atoms with Gasteiger partial charge in [0.2, 0.25) is 0 Å². The summed E-state index contributed by atoms with van der Waals surface area (Å²) in [5.74, 6) is 3.57. The molecule has 2 aromatic heterocycles. The van der Waals surface area contributed by atoms with Crippen LogP contribution in [0.4, 0.5) is 0 Å². The second-order valence-electron chi connectivity index (χ2n) is 7.08. The standard InChI is InChI=1S/2C12H10ClO3.C4H9.Mg/c2*1-14-10-6-8(9-4-3-5-16-9)7-11(15-2)12(10)13;1-3-4-2;/h2*3-4,6-7H,1-2H3;1,3-4H2,2H3;/q3*-1;+2. The number of unbranched alkanes of at least 4 members (excludes halogenated alkanes) is 1. The minimum atomic E-state index is 0. The van der Waals surface area contributed by atoms with Crippen molar-refractivity contribution in [2.75, 3.05) is 28.4 Å². The van der Waals surface area contributed by atoms with E-state index in [0.29, 0.717) is 44.6 Å². The molecule has 0 amide bonds. The van der Waals surface area contributed by atoms with Crippen LogP contribution in [0.15, 0.2) is 57.4 Å². The molecule has 0 spiro atoms. The first-order chi connectivity index (χ1) is 17.4. The average molecular weight is 557 g/mol. The van der Waals surface area contributed by atoms with E-state index in [-0.39, 0.29) is 23.1 Å². The van der Waals surface area contributed by atoms with Crippen molar-refractivity contribution in [2.24, 2.45) is 0 Å². The third-order valence-corrected chi connectivity index (χ3v) is 5.50. The molecule has 2 heterocycles. The van der Waals surface area contributed by atoms with Crippen LogP contribution in [0.5, 0.6) is 23.0 Å². The Hall–Kier alpha value is -2.45. The molecule has 37 heavy (non-hydrogen) atoms. The van der Waals surface area contributed by atoms with Gasteiger partial charge in [0.1, 0.15) is 33.0 Å². The maximum absolute atomic E-state index is 6.05. The molecule has 0 unspecified atom stereocenters. The summed E-state index contributed by atoms with van der Waals surface area (Å²) in [5, 5.41) is 0.897. The predicted molar refractivity (Wildman–Crippen MR) is 148 cm³/mol. The Kier molecular flexibility index (Phi) is 15.1. The third-order valence-electron chi connectivity index (χ3n) is 4.76. The summed E-state index contributed by atoms with van der Waals surface area (Å²) in [6.45, 7) is 5.72. The molecule has 0 aliphatic heterocycles. The maximum Gasteiger partial charge on any atom is 2.00 e. The topological polar surface area (TPSA) is 63.2 Å². The first kappa shape index (κ1) is 32.6. The van der Waals surface area contributed by atoms with Gasteiger partial charge in [-0.2, -0.15) is 18.6 Å². The molecule has 6 nitrogen and oxygen atoms in total. The van der Waals surface area contributed by atoms with Crippen molar-refractivity contribution in [3.8, 4) is 45.6 Å². The molecular formula is C28H29Cl2MgO6-. The molecule has 0 aliphatic carbocycles. The number of ether oxygens (including phenoxy) is 4. The van der Waals surface area contributed by atoms with Crippen molar-refractivity contribution >= 4 is 46.3 Å². The molecule has 4 aromatic rings. The van der Waals surface area contributed by atoms with Gasteiger partial charge in [-0.1, -0.05) is 36.5 Å². The van der Waals surface area contributed by atoms with Crippen LogP contribution >= 0.6 is 23.2 Å². The Labute approximate surface area is 244 Å². The second-order valence-corrected chi connectivity index (χ2v) is 7.83. The molecule has 0 atom stereocenters. The maximum atomic E-state index is 6.05. The van der Waals surface area contributed by atoms with Crippen molar-refractivity contribution < 1.29 is 27.8 Å². The molecule has 0 saturated carbocycles. The minimum Gasteiger partial charge on any atom is -0.591 e. The van der Waals surface area contributed by atoms with Crippen molar-refractivity contribution in [3.05, 3.63) is 78.0 Å². The van der Waals surface area contributed by atoms with E-state index in [2.05, 4.69) is 26.4 Å². The summed E-state index contributed by atoms with van der Waals surface area (Å²) in [6.07, 6.45) is 7.53. The van der Waals surface area contributed by atoms with Gasteiger partial charge >= 0.3 is 23.1 Å². The predicted octanol–water partition coefficient (Wildman–Crippen LogP) is 8.07. The van der Waals surface area contributed by atoms with E-state index < -0.39 is 0 Å². The average Bonchev–Trinajstić information content (AvgIpc) is 3.65. The van der Waals surface area contributed by atoms with Gasteiger partial charge in [-0.15, -0.1) is 12.1 Å². The minimum absolute atomic E-state index is 0. The first-order valence-electron chi connectivity index (χ1n) is 11.0. The van der Waals surface area contributed by atoms with Crippen LogP contribution in [-0.2, 0) is 0 Å². The fraction of sp³-hybridized carbons (Fsp3) is 0.250. The first-order valence-corrected chi connectivity index (χ1v) is 11.7. The third kappa shape index (κ3) is 9.11. The molecule has 0 bridgehead atoms. The smallest absolute Gasteiger partial charge is 0.591 e. The Bertz CT molecular complexity index is 1030. The van der Waals surface area contributed by atoms with E-state index in [1.807, 2.05) is 12.1 Å². The van der Waals surface area contributed by atoms with E-state index in [1.165, 1.54) is 6.42 Å². The van der Waals surface area contributed by atoms with Crippen LogP contribution < -0.4 is 18.9 Å². The van der Waals surface area contributed by atoms with Crippen LogP contribution in [0.3, 0.4) is 0 Å². The molecule has 0 saturated heterocycles. The summed E-state index contributed by atoms with van der Waals surface area (Å²) >= 11 is 12.1. The van der Waals surface area contributed by atoms with Gasteiger partial charge in [0, 0.05) is 0 Å². The van der Waals surface area contributed by atoms with Crippen LogP contribution in [0, 0.1) is 19.5 Å². The summed E-state index contributed by atoms with van der Waals surface area (Å²) in [6, 6.07) is 14.2. The molecule has 9 heteroatoms. The summed E-state index contributed by atoms with van der Waals surface area (Å²) < 4.78 is 31.0. The van der Waals surface area contributed by atoms with Gasteiger partial charge in [-0.25, -0.2) is 0 Å². The van der Waals surface area contributed by atoms with Crippen LogP contribution in [0.2, 0.25) is 10.0 Å². The van der Waals surface area contributed by atoms with E-state index in [0.717, 1.165) is 17.5 Å². The van der Waals surface area contributed by atoms with E-state index in [4.69, 9.17) is 51.0 Å². The van der Waals surface area contributed by atoms with Gasteiger partial charge in [0.25, 0.3) is 0 Å². The normalized spacial score (nSPS) is 9.62. The Morgan fingerprint density at radius 1 is 0.703 bits per heavy atom. The molecule has 0 N–H and O–H groups in total. The zero-order chi connectivity index (χ0) is 26.5. The number of methoxy groups -OCH3 is 4. The largest absolute Gasteiger partial charge is 2.00 e. The zero-order valence-corrected chi connectivity index (χ0v) is 24.6. The monoisotopic (exact) mass is 555 g/mol. The number of benzene rings is 2. The Morgan fingerprint density at radius 3 is 1.19 bits per heavy atom. The van der Waals surface area contributed by atoms with Crippen molar-refractivity contribution in [1.82, 2.24) is 0 Å². The summed E-state index contributed by atoms with van der Waals surface area (Å²) in [7, 11) is 6.22. The number of hydrogen-bond donors (Lipinski definition) is 0. The quantitative estimate of drug-likeness (QED) is 0.169. The molecule has 4 rings (SSSR count). The van der Waals surface area contributed by atoms with Crippen molar-refractivity contribution in [2.45, 2.75) is 19.8 Å². The number of furan rings is 2. The number of hydrogen-bond acceptors (Lipinski definition) is 6. The van der Waals surface area contributed by atoms with Gasteiger partial charge in [-0.3, -0.25) is 0 Å². The Balaban J connectivity index is 0.000000316. The Morgan fingerprint density at radius 2 is 1.00 bits per heavy atom. The van der Waals surface area contributed by atoms with Crippen LogP contribution in [0.25, 0.3) is 22.6 Å². The second kappa shape index (κ2) is 17.1. The van der Waals surface area contributed by atoms with Crippen LogP contribution in [-0.4, -0.2) is 51.5 Å². The molecular weight excluding hydrogens is 528 g/mol. The summed E-state index contributed by atoms with van der Waals surface area (Å²) in [5.41, 5.74) is 1.67. The molecule has 0 aliphatic rings. The molecule has 2 aromatic carbocycles. The molecule has 194 valence electrons. The van der Waals surface area contributed by atoms with E-state index in [9.17, 15) is 0 Å². The molecule has 0 fully saturated rings. The fourth-order valence-electron chi connectivity index (χ4n) is 2.82.